The average molecular weight is 355 g/mol. The maximum atomic E-state index is 10.3. The maximum absolute atomic E-state index is 10.3. The number of phenols is 2. The Balaban J connectivity index is 2.08. The van der Waals surface area contributed by atoms with Gasteiger partial charge in [0, 0.05) is 31.4 Å². The highest BCUT2D eigenvalue weighted by Crippen LogP contribution is 2.35. The van der Waals surface area contributed by atoms with E-state index in [0.29, 0.717) is 22.7 Å². The van der Waals surface area contributed by atoms with Crippen LogP contribution in [-0.2, 0) is 6.42 Å². The number of hydrogen-bond acceptors (Lipinski definition) is 5. The van der Waals surface area contributed by atoms with Gasteiger partial charge in [0.25, 0.3) is 0 Å². The van der Waals surface area contributed by atoms with Crippen LogP contribution in [0.25, 0.3) is 0 Å². The van der Waals surface area contributed by atoms with Gasteiger partial charge in [-0.25, -0.2) is 0 Å². The van der Waals surface area contributed by atoms with Crippen LogP contribution in [0, 0.1) is 0 Å². The number of rotatable bonds is 4. The van der Waals surface area contributed by atoms with Crippen molar-refractivity contribution in [3.63, 3.8) is 0 Å². The van der Waals surface area contributed by atoms with E-state index in [4.69, 9.17) is 12.2 Å². The lowest BCUT2D eigenvalue weighted by molar-refractivity contribution is 0.445. The van der Waals surface area contributed by atoms with Crippen LogP contribution in [0.2, 0.25) is 0 Å². The van der Waals surface area contributed by atoms with Crippen LogP contribution in [0.3, 0.4) is 0 Å². The van der Waals surface area contributed by atoms with E-state index in [1.165, 1.54) is 6.07 Å². The van der Waals surface area contributed by atoms with Crippen molar-refractivity contribution in [2.45, 2.75) is 19.3 Å². The van der Waals surface area contributed by atoms with Crippen LogP contribution in [0.1, 0.15) is 29.5 Å². The van der Waals surface area contributed by atoms with E-state index in [9.17, 15) is 10.2 Å². The molecule has 0 fully saturated rings. The zero-order valence-corrected chi connectivity index (χ0v) is 15.3. The van der Waals surface area contributed by atoms with Crippen molar-refractivity contribution in [2.24, 2.45) is 5.10 Å². The highest BCUT2D eigenvalue weighted by Gasteiger charge is 2.31. The van der Waals surface area contributed by atoms with Gasteiger partial charge in [-0.05, 0) is 35.7 Å². The van der Waals surface area contributed by atoms with Crippen LogP contribution in [0.15, 0.2) is 41.5 Å². The SMILES string of the molecule is CCc1cc(C2=NNC(=S)C2c2cccc(N(C)C)c2)c(O)cc1O. The standard InChI is InChI=1S/C19H21N3O2S/c1-4-11-9-14(16(24)10-15(11)23)18-17(19(25)21-20-18)12-6-5-7-13(8-12)22(2)3/h5-10,17,23-24H,4H2,1-3H3,(H,21,25). The topological polar surface area (TPSA) is 68.1 Å². The van der Waals surface area contributed by atoms with Gasteiger partial charge in [0.2, 0.25) is 0 Å². The molecule has 0 amide bonds. The van der Waals surface area contributed by atoms with Crippen molar-refractivity contribution in [3.8, 4) is 11.5 Å². The zero-order chi connectivity index (χ0) is 18.1. The molecule has 1 aliphatic heterocycles. The summed E-state index contributed by atoms with van der Waals surface area (Å²) in [4.78, 5) is 2.62. The number of aryl methyl sites for hydroxylation is 1. The van der Waals surface area contributed by atoms with Crippen molar-refractivity contribution >= 4 is 28.6 Å². The molecule has 5 nitrogen and oxygen atoms in total. The number of nitrogens with one attached hydrogen (secondary N) is 1. The largest absolute Gasteiger partial charge is 0.508 e. The molecular weight excluding hydrogens is 334 g/mol. The molecule has 1 heterocycles. The monoisotopic (exact) mass is 355 g/mol. The normalized spacial score (nSPS) is 16.5. The minimum absolute atomic E-state index is 0.00582. The Kier molecular flexibility index (Phi) is 4.63. The molecule has 0 spiro atoms. The molecule has 0 radical (unpaired) electrons. The van der Waals surface area contributed by atoms with Crippen molar-refractivity contribution in [3.05, 3.63) is 53.1 Å². The van der Waals surface area contributed by atoms with Gasteiger partial charge in [-0.2, -0.15) is 5.10 Å². The van der Waals surface area contributed by atoms with Gasteiger partial charge in [-0.1, -0.05) is 31.3 Å². The van der Waals surface area contributed by atoms with Crippen LogP contribution in [0.4, 0.5) is 5.69 Å². The van der Waals surface area contributed by atoms with E-state index >= 15 is 0 Å². The number of nitrogens with zero attached hydrogens (tertiary/aromatic N) is 2. The van der Waals surface area contributed by atoms with Crippen LogP contribution in [0.5, 0.6) is 11.5 Å². The number of anilines is 1. The third kappa shape index (κ3) is 3.17. The zero-order valence-electron chi connectivity index (χ0n) is 14.4. The van der Waals surface area contributed by atoms with Gasteiger partial charge in [-0.3, -0.25) is 5.43 Å². The first-order valence-electron chi connectivity index (χ1n) is 8.12. The molecule has 3 rings (SSSR count). The molecule has 25 heavy (non-hydrogen) atoms. The van der Waals surface area contributed by atoms with Gasteiger partial charge in [0.15, 0.2) is 0 Å². The molecule has 1 atom stereocenters. The molecular formula is C19H21N3O2S. The quantitative estimate of drug-likeness (QED) is 0.735. The van der Waals surface area contributed by atoms with Crippen LogP contribution in [-0.4, -0.2) is 35.0 Å². The van der Waals surface area contributed by atoms with E-state index in [-0.39, 0.29) is 17.4 Å². The van der Waals surface area contributed by atoms with E-state index in [1.807, 2.05) is 44.1 Å². The predicted molar refractivity (Wildman–Crippen MR) is 105 cm³/mol. The minimum atomic E-state index is -0.241. The molecule has 3 N–H and O–H groups in total. The molecule has 6 heteroatoms. The summed E-state index contributed by atoms with van der Waals surface area (Å²) in [7, 11) is 3.97. The molecule has 0 bridgehead atoms. The summed E-state index contributed by atoms with van der Waals surface area (Å²) in [6.45, 7) is 1.95. The Labute approximate surface area is 152 Å². The van der Waals surface area contributed by atoms with E-state index in [2.05, 4.69) is 16.6 Å². The van der Waals surface area contributed by atoms with Gasteiger partial charge in [0.05, 0.1) is 11.6 Å². The number of hydrazone groups is 1. The smallest absolute Gasteiger partial charge is 0.128 e. The molecule has 0 aliphatic carbocycles. The second kappa shape index (κ2) is 6.72. The Hall–Kier alpha value is -2.60. The summed E-state index contributed by atoms with van der Waals surface area (Å²) in [6, 6.07) is 11.2. The Morgan fingerprint density at radius 2 is 1.92 bits per heavy atom. The lowest BCUT2D eigenvalue weighted by atomic mass is 9.89. The third-order valence-electron chi connectivity index (χ3n) is 4.40. The number of benzene rings is 2. The van der Waals surface area contributed by atoms with Gasteiger partial charge < -0.3 is 15.1 Å². The molecule has 0 aromatic heterocycles. The molecule has 0 saturated carbocycles. The first-order valence-corrected chi connectivity index (χ1v) is 8.53. The van der Waals surface area contributed by atoms with E-state index < -0.39 is 0 Å². The average Bonchev–Trinajstić information content (AvgIpc) is 2.96. The molecule has 1 unspecified atom stereocenters. The lowest BCUT2D eigenvalue weighted by Crippen LogP contribution is -2.20. The maximum Gasteiger partial charge on any atom is 0.128 e. The fraction of sp³-hybridized carbons (Fsp3) is 0.263. The van der Waals surface area contributed by atoms with Gasteiger partial charge in [-0.15, -0.1) is 0 Å². The van der Waals surface area contributed by atoms with E-state index in [0.717, 1.165) is 16.8 Å². The predicted octanol–water partition coefficient (Wildman–Crippen LogP) is 3.14. The Morgan fingerprint density at radius 3 is 2.60 bits per heavy atom. The minimum Gasteiger partial charge on any atom is -0.508 e. The third-order valence-corrected chi connectivity index (χ3v) is 4.72. The molecule has 130 valence electrons. The molecule has 2 aromatic carbocycles. The Bertz CT molecular complexity index is 862. The van der Waals surface area contributed by atoms with Crippen molar-refractivity contribution in [2.75, 3.05) is 19.0 Å². The summed E-state index contributed by atoms with van der Waals surface area (Å²) in [5.74, 6) is -0.159. The number of thiocarbonyl (C=S) groups is 1. The highest BCUT2D eigenvalue weighted by atomic mass is 32.1. The molecule has 2 aromatic rings. The number of phenolic OH excluding ortho intramolecular Hbond substituents is 2. The first-order chi connectivity index (χ1) is 11.9. The second-order valence-corrected chi connectivity index (χ2v) is 6.69. The summed E-state index contributed by atoms with van der Waals surface area (Å²) in [5.41, 5.74) is 6.95. The fourth-order valence-corrected chi connectivity index (χ4v) is 3.28. The molecule has 1 aliphatic rings. The highest BCUT2D eigenvalue weighted by molar-refractivity contribution is 7.80. The lowest BCUT2D eigenvalue weighted by Gasteiger charge is -2.18. The second-order valence-electron chi connectivity index (χ2n) is 6.25. The summed E-state index contributed by atoms with van der Waals surface area (Å²) < 4.78 is 0. The van der Waals surface area contributed by atoms with Crippen molar-refractivity contribution in [1.82, 2.24) is 5.43 Å². The van der Waals surface area contributed by atoms with E-state index in [1.54, 1.807) is 6.07 Å². The van der Waals surface area contributed by atoms with Crippen molar-refractivity contribution in [1.29, 1.82) is 0 Å². The summed E-state index contributed by atoms with van der Waals surface area (Å²) >= 11 is 5.47. The van der Waals surface area contributed by atoms with Gasteiger partial charge >= 0.3 is 0 Å². The molecule has 0 saturated heterocycles. The van der Waals surface area contributed by atoms with Gasteiger partial charge in [0.1, 0.15) is 16.5 Å². The summed E-state index contributed by atoms with van der Waals surface area (Å²) in [5, 5.41) is 24.6. The Morgan fingerprint density at radius 1 is 1.16 bits per heavy atom. The first kappa shape index (κ1) is 17.2. The van der Waals surface area contributed by atoms with Crippen molar-refractivity contribution < 1.29 is 10.2 Å². The van der Waals surface area contributed by atoms with Crippen LogP contribution >= 0.6 is 12.2 Å². The fourth-order valence-electron chi connectivity index (χ4n) is 2.99. The number of hydrogen-bond donors (Lipinski definition) is 3. The number of aromatic hydroxyl groups is 2. The van der Waals surface area contributed by atoms with Crippen LogP contribution < -0.4 is 10.3 Å². The summed E-state index contributed by atoms with van der Waals surface area (Å²) in [6.07, 6.45) is 0.658.